The largest absolute Gasteiger partial charge is 0.373 e. The van der Waals surface area contributed by atoms with E-state index in [-0.39, 0.29) is 11.9 Å². The van der Waals surface area contributed by atoms with Crippen LogP contribution in [0.5, 0.6) is 0 Å². The number of carbonyl (C=O) groups excluding carboxylic acids is 1. The molecular formula is C17H25N3O. The minimum Gasteiger partial charge on any atom is -0.373 e. The molecule has 1 amide bonds. The number of carbonyl (C=O) groups is 1. The Kier molecular flexibility index (Phi) is 4.44. The molecule has 1 unspecified atom stereocenters. The molecule has 0 aromatic heterocycles. The average Bonchev–Trinajstić information content (AvgIpc) is 2.97. The molecule has 0 bridgehead atoms. The van der Waals surface area contributed by atoms with Gasteiger partial charge in [0.2, 0.25) is 5.91 Å². The molecule has 1 aromatic rings. The maximum atomic E-state index is 12.3. The second kappa shape index (κ2) is 6.48. The second-order valence-electron chi connectivity index (χ2n) is 6.25. The van der Waals surface area contributed by atoms with E-state index in [4.69, 9.17) is 0 Å². The minimum absolute atomic E-state index is 0.115. The molecule has 3 rings (SSSR count). The van der Waals surface area contributed by atoms with Gasteiger partial charge in [-0.2, -0.15) is 0 Å². The number of hydrogen-bond donors (Lipinski definition) is 2. The quantitative estimate of drug-likeness (QED) is 0.890. The summed E-state index contributed by atoms with van der Waals surface area (Å²) < 4.78 is 0. The van der Waals surface area contributed by atoms with Crippen LogP contribution in [0, 0.1) is 0 Å². The fraction of sp³-hybridized carbons (Fsp3) is 0.588. The Hall–Kier alpha value is -1.55. The van der Waals surface area contributed by atoms with E-state index in [0.717, 1.165) is 18.7 Å². The maximum Gasteiger partial charge on any atom is 0.242 e. The Morgan fingerprint density at radius 2 is 2.10 bits per heavy atom. The van der Waals surface area contributed by atoms with Crippen molar-refractivity contribution in [1.29, 1.82) is 0 Å². The lowest BCUT2D eigenvalue weighted by Crippen LogP contribution is -2.47. The lowest BCUT2D eigenvalue weighted by Gasteiger charge is -2.32. The van der Waals surface area contributed by atoms with Gasteiger partial charge in [0.25, 0.3) is 0 Å². The van der Waals surface area contributed by atoms with Gasteiger partial charge in [-0.25, -0.2) is 0 Å². The highest BCUT2D eigenvalue weighted by molar-refractivity contribution is 5.87. The third-order valence-corrected chi connectivity index (χ3v) is 4.67. The average molecular weight is 287 g/mol. The summed E-state index contributed by atoms with van der Waals surface area (Å²) in [6.45, 7) is 5.30. The van der Waals surface area contributed by atoms with Gasteiger partial charge in [0, 0.05) is 24.7 Å². The topological polar surface area (TPSA) is 44.4 Å². The van der Waals surface area contributed by atoms with Gasteiger partial charge >= 0.3 is 0 Å². The zero-order valence-corrected chi connectivity index (χ0v) is 12.8. The molecule has 0 saturated carbocycles. The van der Waals surface area contributed by atoms with E-state index < -0.39 is 0 Å². The van der Waals surface area contributed by atoms with Crippen LogP contribution in [0.3, 0.4) is 0 Å². The van der Waals surface area contributed by atoms with Crippen LogP contribution >= 0.6 is 0 Å². The summed E-state index contributed by atoms with van der Waals surface area (Å²) in [5.74, 6) is 0.120. The maximum absolute atomic E-state index is 12.3. The highest BCUT2D eigenvalue weighted by Crippen LogP contribution is 2.25. The molecule has 1 fully saturated rings. The molecular weight excluding hydrogens is 262 g/mol. The van der Waals surface area contributed by atoms with E-state index >= 15 is 0 Å². The molecule has 2 N–H and O–H groups in total. The summed E-state index contributed by atoms with van der Waals surface area (Å²) in [7, 11) is 0. The Bertz CT molecular complexity index is 472. The number of rotatable bonds is 4. The molecule has 2 aliphatic rings. The van der Waals surface area contributed by atoms with E-state index in [9.17, 15) is 4.79 Å². The molecule has 2 aliphatic heterocycles. The fourth-order valence-electron chi connectivity index (χ4n) is 3.32. The van der Waals surface area contributed by atoms with Gasteiger partial charge in [0.15, 0.2) is 0 Å². The Morgan fingerprint density at radius 1 is 1.33 bits per heavy atom. The van der Waals surface area contributed by atoms with Crippen LogP contribution in [0.25, 0.3) is 0 Å². The van der Waals surface area contributed by atoms with Crippen LogP contribution in [-0.2, 0) is 11.2 Å². The summed E-state index contributed by atoms with van der Waals surface area (Å²) in [6, 6.07) is 8.48. The van der Waals surface area contributed by atoms with Gasteiger partial charge in [0.05, 0.1) is 0 Å². The highest BCUT2D eigenvalue weighted by Gasteiger charge is 2.26. The van der Waals surface area contributed by atoms with Crippen molar-refractivity contribution in [1.82, 2.24) is 10.2 Å². The van der Waals surface area contributed by atoms with Crippen molar-refractivity contribution in [3.8, 4) is 0 Å². The lowest BCUT2D eigenvalue weighted by molar-refractivity contribution is -0.121. The molecule has 114 valence electrons. The van der Waals surface area contributed by atoms with Crippen molar-refractivity contribution in [2.24, 2.45) is 0 Å². The number of likely N-dealkylation sites (tertiary alicyclic amines) is 1. The first-order valence-corrected chi connectivity index (χ1v) is 8.10. The molecule has 4 heteroatoms. The van der Waals surface area contributed by atoms with Crippen LogP contribution in [0.15, 0.2) is 24.3 Å². The zero-order chi connectivity index (χ0) is 14.7. The monoisotopic (exact) mass is 287 g/mol. The van der Waals surface area contributed by atoms with Gasteiger partial charge < -0.3 is 10.6 Å². The van der Waals surface area contributed by atoms with Crippen molar-refractivity contribution in [2.75, 3.05) is 25.0 Å². The van der Waals surface area contributed by atoms with Crippen LogP contribution in [0.1, 0.15) is 31.7 Å². The van der Waals surface area contributed by atoms with Crippen LogP contribution < -0.4 is 10.6 Å². The van der Waals surface area contributed by atoms with Crippen LogP contribution in [0.4, 0.5) is 5.69 Å². The summed E-state index contributed by atoms with van der Waals surface area (Å²) in [4.78, 5) is 14.8. The molecule has 2 heterocycles. The number of benzene rings is 1. The van der Waals surface area contributed by atoms with Gasteiger partial charge in [-0.3, -0.25) is 9.69 Å². The minimum atomic E-state index is -0.115. The molecule has 1 aromatic carbocycles. The predicted octanol–water partition coefficient (Wildman–Crippen LogP) is 2.01. The Balaban J connectivity index is 1.47. The number of para-hydroxylation sites is 1. The summed E-state index contributed by atoms with van der Waals surface area (Å²) >= 11 is 0. The zero-order valence-electron chi connectivity index (χ0n) is 12.8. The molecule has 1 saturated heterocycles. The first-order chi connectivity index (χ1) is 10.2. The summed E-state index contributed by atoms with van der Waals surface area (Å²) in [5, 5.41) is 6.43. The molecule has 4 nitrogen and oxygen atoms in total. The lowest BCUT2D eigenvalue weighted by atomic mass is 10.1. The molecule has 0 spiro atoms. The number of fused-ring (bicyclic) bond motifs is 1. The van der Waals surface area contributed by atoms with E-state index in [1.165, 1.54) is 37.9 Å². The summed E-state index contributed by atoms with van der Waals surface area (Å²) in [5.41, 5.74) is 2.34. The van der Waals surface area contributed by atoms with Crippen molar-refractivity contribution >= 4 is 11.6 Å². The Morgan fingerprint density at radius 3 is 2.86 bits per heavy atom. The number of piperidine rings is 1. The van der Waals surface area contributed by atoms with Gasteiger partial charge in [-0.05, 0) is 44.5 Å². The van der Waals surface area contributed by atoms with Crippen LogP contribution in [-0.4, -0.2) is 42.5 Å². The molecule has 2 atom stereocenters. The molecule has 0 radical (unpaired) electrons. The highest BCUT2D eigenvalue weighted by atomic mass is 16.2. The van der Waals surface area contributed by atoms with Crippen molar-refractivity contribution in [3.05, 3.63) is 29.8 Å². The first kappa shape index (κ1) is 14.4. The number of nitrogens with zero attached hydrogens (tertiary/aromatic N) is 1. The van der Waals surface area contributed by atoms with Gasteiger partial charge in [0.1, 0.15) is 6.04 Å². The molecule has 21 heavy (non-hydrogen) atoms. The SMILES string of the molecule is CC(CNC(=O)[C@@H]1Cc2ccccc2N1)N1CCCCC1. The fourth-order valence-corrected chi connectivity index (χ4v) is 3.32. The summed E-state index contributed by atoms with van der Waals surface area (Å²) in [6.07, 6.45) is 4.72. The van der Waals surface area contributed by atoms with E-state index in [2.05, 4.69) is 28.5 Å². The number of anilines is 1. The predicted molar refractivity (Wildman–Crippen MR) is 85.5 cm³/mol. The van der Waals surface area contributed by atoms with Crippen LogP contribution in [0.2, 0.25) is 0 Å². The Labute approximate surface area is 126 Å². The van der Waals surface area contributed by atoms with E-state index in [1.807, 2.05) is 18.2 Å². The van der Waals surface area contributed by atoms with E-state index in [1.54, 1.807) is 0 Å². The smallest absolute Gasteiger partial charge is 0.242 e. The van der Waals surface area contributed by atoms with Gasteiger partial charge in [-0.15, -0.1) is 0 Å². The number of hydrogen-bond acceptors (Lipinski definition) is 3. The standard InChI is InChI=1S/C17H25N3O/c1-13(20-9-5-2-6-10-20)12-18-17(21)16-11-14-7-3-4-8-15(14)19-16/h3-4,7-8,13,16,19H,2,5-6,9-12H2,1H3,(H,18,21)/t13?,16-/m0/s1. The first-order valence-electron chi connectivity index (χ1n) is 8.10. The van der Waals surface area contributed by atoms with Gasteiger partial charge in [-0.1, -0.05) is 24.6 Å². The van der Waals surface area contributed by atoms with Crippen molar-refractivity contribution in [3.63, 3.8) is 0 Å². The second-order valence-corrected chi connectivity index (χ2v) is 6.25. The number of nitrogens with one attached hydrogen (secondary N) is 2. The van der Waals surface area contributed by atoms with Crippen molar-refractivity contribution < 1.29 is 4.79 Å². The van der Waals surface area contributed by atoms with Crippen molar-refractivity contribution in [2.45, 2.75) is 44.7 Å². The number of amides is 1. The van der Waals surface area contributed by atoms with E-state index in [0.29, 0.717) is 6.04 Å². The molecule has 0 aliphatic carbocycles. The normalized spacial score (nSPS) is 23.2. The third-order valence-electron chi connectivity index (χ3n) is 4.67. The third kappa shape index (κ3) is 3.38.